The van der Waals surface area contributed by atoms with Gasteiger partial charge in [-0.2, -0.15) is 0 Å². The minimum atomic E-state index is 0.474. The van der Waals surface area contributed by atoms with Gasteiger partial charge in [0.25, 0.3) is 0 Å². The Kier molecular flexibility index (Phi) is 4.41. The highest BCUT2D eigenvalue weighted by atomic mass is 35.5. The van der Waals surface area contributed by atoms with Crippen LogP contribution in [0.15, 0.2) is 12.1 Å². The van der Waals surface area contributed by atoms with Crippen LogP contribution in [-0.4, -0.2) is 17.0 Å². The molecule has 2 rings (SSSR count). The fraction of sp³-hybridized carbons (Fsp3) is 0.571. The Balaban J connectivity index is 2.18. The predicted octanol–water partition coefficient (Wildman–Crippen LogP) is 4.34. The van der Waals surface area contributed by atoms with Crippen LogP contribution < -0.4 is 5.73 Å². The van der Waals surface area contributed by atoms with Crippen molar-refractivity contribution in [2.24, 2.45) is 0 Å². The molecule has 0 radical (unpaired) electrons. The average molecular weight is 287 g/mol. The van der Waals surface area contributed by atoms with Gasteiger partial charge in [0.15, 0.2) is 0 Å². The van der Waals surface area contributed by atoms with Gasteiger partial charge >= 0.3 is 0 Å². The van der Waals surface area contributed by atoms with Crippen molar-refractivity contribution >= 4 is 28.9 Å². The van der Waals surface area contributed by atoms with Crippen molar-refractivity contribution < 1.29 is 0 Å². The van der Waals surface area contributed by atoms with Crippen molar-refractivity contribution in [3.05, 3.63) is 27.7 Å². The van der Waals surface area contributed by atoms with Gasteiger partial charge in [0.2, 0.25) is 0 Å². The lowest BCUT2D eigenvalue weighted by Crippen LogP contribution is -2.42. The minimum Gasteiger partial charge on any atom is -0.396 e. The molecular weight excluding hydrogens is 267 g/mol. The number of nitrogen functional groups attached to an aromatic ring is 1. The highest BCUT2D eigenvalue weighted by Crippen LogP contribution is 2.31. The smallest absolute Gasteiger partial charge is 0.0693 e. The minimum absolute atomic E-state index is 0.474. The van der Waals surface area contributed by atoms with Crippen molar-refractivity contribution in [2.75, 3.05) is 5.73 Å². The topological polar surface area (TPSA) is 29.3 Å². The second-order valence-corrected chi connectivity index (χ2v) is 6.09. The molecule has 1 aliphatic heterocycles. The molecule has 1 fully saturated rings. The number of piperidine rings is 1. The molecule has 2 N–H and O–H groups in total. The van der Waals surface area contributed by atoms with E-state index >= 15 is 0 Å². The zero-order chi connectivity index (χ0) is 13.3. The third kappa shape index (κ3) is 2.93. The summed E-state index contributed by atoms with van der Waals surface area (Å²) in [7, 11) is 0. The largest absolute Gasteiger partial charge is 0.396 e. The first-order valence-electron chi connectivity index (χ1n) is 6.48. The number of nitrogens with two attached hydrogens (primary N) is 1. The summed E-state index contributed by atoms with van der Waals surface area (Å²) in [5.74, 6) is 0. The molecule has 100 valence electrons. The van der Waals surface area contributed by atoms with Crippen LogP contribution in [0.5, 0.6) is 0 Å². The van der Waals surface area contributed by atoms with Gasteiger partial charge in [0.05, 0.1) is 15.7 Å². The predicted molar refractivity (Wildman–Crippen MR) is 79.2 cm³/mol. The van der Waals surface area contributed by atoms with Crippen LogP contribution >= 0.6 is 23.2 Å². The Morgan fingerprint density at radius 1 is 1.17 bits per heavy atom. The van der Waals surface area contributed by atoms with Crippen LogP contribution in [-0.2, 0) is 6.54 Å². The maximum atomic E-state index is 6.08. The van der Waals surface area contributed by atoms with E-state index in [0.717, 1.165) is 12.1 Å². The van der Waals surface area contributed by atoms with Gasteiger partial charge < -0.3 is 5.73 Å². The van der Waals surface area contributed by atoms with Crippen LogP contribution in [0.4, 0.5) is 5.69 Å². The molecule has 1 aromatic carbocycles. The number of anilines is 1. The lowest BCUT2D eigenvalue weighted by Gasteiger charge is -2.39. The van der Waals surface area contributed by atoms with E-state index < -0.39 is 0 Å². The number of benzene rings is 1. The van der Waals surface area contributed by atoms with E-state index in [1.807, 2.05) is 12.1 Å². The number of halogens is 2. The first-order chi connectivity index (χ1) is 8.49. The molecule has 2 unspecified atom stereocenters. The molecule has 4 heteroatoms. The molecule has 0 aliphatic carbocycles. The maximum absolute atomic E-state index is 6.08. The van der Waals surface area contributed by atoms with E-state index in [-0.39, 0.29) is 0 Å². The van der Waals surface area contributed by atoms with Crippen molar-refractivity contribution in [3.8, 4) is 0 Å². The number of nitrogens with zero attached hydrogens (tertiary/aromatic N) is 1. The lowest BCUT2D eigenvalue weighted by molar-refractivity contribution is 0.0953. The molecule has 2 atom stereocenters. The summed E-state index contributed by atoms with van der Waals surface area (Å²) in [5, 5.41) is 1.10. The van der Waals surface area contributed by atoms with Crippen LogP contribution in [0.3, 0.4) is 0 Å². The van der Waals surface area contributed by atoms with E-state index in [1.165, 1.54) is 19.3 Å². The summed E-state index contributed by atoms with van der Waals surface area (Å²) in [5.41, 5.74) is 7.37. The first kappa shape index (κ1) is 14.0. The fourth-order valence-electron chi connectivity index (χ4n) is 2.73. The molecule has 0 bridgehead atoms. The molecule has 1 aliphatic rings. The normalized spacial score (nSPS) is 25.3. The zero-order valence-corrected chi connectivity index (χ0v) is 12.4. The number of likely N-dealkylation sites (tertiary alicyclic amines) is 1. The SMILES string of the molecule is CC1CCCC(C)N1Cc1cc(Cl)c(N)c(Cl)c1. The molecule has 18 heavy (non-hydrogen) atoms. The van der Waals surface area contributed by atoms with Gasteiger partial charge in [-0.25, -0.2) is 0 Å². The van der Waals surface area contributed by atoms with E-state index in [2.05, 4.69) is 18.7 Å². The Bertz CT molecular complexity index is 401. The highest BCUT2D eigenvalue weighted by Gasteiger charge is 2.24. The van der Waals surface area contributed by atoms with E-state index in [1.54, 1.807) is 0 Å². The number of rotatable bonds is 2. The number of hydrogen-bond donors (Lipinski definition) is 1. The molecule has 2 nitrogen and oxygen atoms in total. The van der Waals surface area contributed by atoms with Gasteiger partial charge in [0, 0.05) is 18.6 Å². The van der Waals surface area contributed by atoms with Gasteiger partial charge in [-0.1, -0.05) is 29.6 Å². The quantitative estimate of drug-likeness (QED) is 0.820. The molecule has 1 aromatic rings. The van der Waals surface area contributed by atoms with Crippen molar-refractivity contribution in [3.63, 3.8) is 0 Å². The molecule has 0 saturated carbocycles. The van der Waals surface area contributed by atoms with Crippen molar-refractivity contribution in [1.29, 1.82) is 0 Å². The Hall–Kier alpha value is -0.440. The fourth-order valence-corrected chi connectivity index (χ4v) is 3.26. The van der Waals surface area contributed by atoms with Crippen LogP contribution in [0.1, 0.15) is 38.7 Å². The van der Waals surface area contributed by atoms with Crippen LogP contribution in [0, 0.1) is 0 Å². The second-order valence-electron chi connectivity index (χ2n) is 5.27. The molecule has 1 saturated heterocycles. The van der Waals surface area contributed by atoms with Crippen molar-refractivity contribution in [1.82, 2.24) is 4.90 Å². The Morgan fingerprint density at radius 2 is 1.67 bits per heavy atom. The molecule has 0 aromatic heterocycles. The Morgan fingerprint density at radius 3 is 2.17 bits per heavy atom. The summed E-state index contributed by atoms with van der Waals surface area (Å²) >= 11 is 12.2. The molecule has 0 amide bonds. The molecule has 1 heterocycles. The Labute approximate surface area is 119 Å². The average Bonchev–Trinajstić information content (AvgIpc) is 2.31. The van der Waals surface area contributed by atoms with Gasteiger partial charge in [-0.3, -0.25) is 4.90 Å². The maximum Gasteiger partial charge on any atom is 0.0693 e. The summed E-state index contributed by atoms with van der Waals surface area (Å²) in [6.07, 6.45) is 3.85. The first-order valence-corrected chi connectivity index (χ1v) is 7.23. The van der Waals surface area contributed by atoms with Crippen molar-refractivity contribution in [2.45, 2.75) is 51.7 Å². The second kappa shape index (κ2) is 5.68. The monoisotopic (exact) mass is 286 g/mol. The van der Waals surface area contributed by atoms with E-state index in [4.69, 9.17) is 28.9 Å². The highest BCUT2D eigenvalue weighted by molar-refractivity contribution is 6.38. The summed E-state index contributed by atoms with van der Waals surface area (Å²) < 4.78 is 0. The van der Waals surface area contributed by atoms with E-state index in [0.29, 0.717) is 27.8 Å². The lowest BCUT2D eigenvalue weighted by atomic mass is 9.97. The summed E-state index contributed by atoms with van der Waals surface area (Å²) in [6, 6.07) is 5.08. The summed E-state index contributed by atoms with van der Waals surface area (Å²) in [4.78, 5) is 2.52. The third-order valence-corrected chi connectivity index (χ3v) is 4.51. The molecular formula is C14H20Cl2N2. The zero-order valence-electron chi connectivity index (χ0n) is 10.9. The standard InChI is InChI=1S/C14H20Cl2N2/c1-9-4-3-5-10(2)18(9)8-11-6-12(15)14(17)13(16)7-11/h6-7,9-10H,3-5,8,17H2,1-2H3. The van der Waals surface area contributed by atoms with E-state index in [9.17, 15) is 0 Å². The number of hydrogen-bond acceptors (Lipinski definition) is 2. The summed E-state index contributed by atoms with van der Waals surface area (Å²) in [6.45, 7) is 5.47. The van der Waals surface area contributed by atoms with Crippen LogP contribution in [0.2, 0.25) is 10.0 Å². The van der Waals surface area contributed by atoms with Gasteiger partial charge in [-0.05, 0) is 44.4 Å². The van der Waals surface area contributed by atoms with Gasteiger partial charge in [-0.15, -0.1) is 0 Å². The molecule has 0 spiro atoms. The van der Waals surface area contributed by atoms with Gasteiger partial charge in [0.1, 0.15) is 0 Å². The van der Waals surface area contributed by atoms with Crippen LogP contribution in [0.25, 0.3) is 0 Å². The third-order valence-electron chi connectivity index (χ3n) is 3.88.